The van der Waals surface area contributed by atoms with E-state index in [1.165, 1.54) is 6.92 Å². The molecular weight excluding hydrogens is 304 g/mol. The minimum atomic E-state index is -3.43. The summed E-state index contributed by atoms with van der Waals surface area (Å²) < 4.78 is 50.4. The van der Waals surface area contributed by atoms with E-state index in [9.17, 15) is 16.8 Å². The Balaban J connectivity index is 2.20. The van der Waals surface area contributed by atoms with E-state index in [1.54, 1.807) is 0 Å². The van der Waals surface area contributed by atoms with Gasteiger partial charge < -0.3 is 5.32 Å². The molecule has 0 aromatic heterocycles. The van der Waals surface area contributed by atoms with Gasteiger partial charge in [-0.2, -0.15) is 0 Å². The van der Waals surface area contributed by atoms with Gasteiger partial charge in [0.1, 0.15) is 0 Å². The molecule has 0 aromatic rings. The molecule has 10 heteroatoms. The van der Waals surface area contributed by atoms with Crippen LogP contribution < -0.4 is 14.8 Å². The lowest BCUT2D eigenvalue weighted by molar-refractivity contribution is 0.245. The molecule has 1 heterocycles. The van der Waals surface area contributed by atoms with Crippen molar-refractivity contribution >= 4 is 20.0 Å². The first-order chi connectivity index (χ1) is 9.35. The van der Waals surface area contributed by atoms with E-state index in [2.05, 4.69) is 19.7 Å². The third kappa shape index (κ3) is 7.50. The first-order valence-corrected chi connectivity index (χ1v) is 10.0. The van der Waals surface area contributed by atoms with E-state index in [-0.39, 0.29) is 18.1 Å². The summed E-state index contributed by atoms with van der Waals surface area (Å²) in [6.07, 6.45) is 0. The van der Waals surface area contributed by atoms with Crippen molar-refractivity contribution < 1.29 is 16.8 Å². The molecule has 0 aliphatic carbocycles. The second-order valence-electron chi connectivity index (χ2n) is 4.60. The Morgan fingerprint density at radius 3 is 2.20 bits per heavy atom. The van der Waals surface area contributed by atoms with Crippen LogP contribution in [0.1, 0.15) is 6.92 Å². The van der Waals surface area contributed by atoms with Gasteiger partial charge in [-0.05, 0) is 6.92 Å². The third-order valence-electron chi connectivity index (χ3n) is 3.03. The molecule has 0 amide bonds. The number of piperazine rings is 1. The topological polar surface area (TPSA) is 108 Å². The molecule has 0 bridgehead atoms. The number of hydrogen-bond donors (Lipinski definition) is 3. The normalized spacial score (nSPS) is 18.2. The van der Waals surface area contributed by atoms with Crippen molar-refractivity contribution in [1.82, 2.24) is 19.7 Å². The van der Waals surface area contributed by atoms with Crippen LogP contribution in [-0.2, 0) is 20.0 Å². The van der Waals surface area contributed by atoms with Gasteiger partial charge in [-0.25, -0.2) is 26.3 Å². The first kappa shape index (κ1) is 17.8. The van der Waals surface area contributed by atoms with Gasteiger partial charge in [0.05, 0.1) is 11.5 Å². The average molecular weight is 328 g/mol. The van der Waals surface area contributed by atoms with Gasteiger partial charge in [0.2, 0.25) is 20.0 Å². The monoisotopic (exact) mass is 328 g/mol. The highest BCUT2D eigenvalue weighted by Crippen LogP contribution is 1.91. The van der Waals surface area contributed by atoms with Gasteiger partial charge in [0.15, 0.2) is 0 Å². The summed E-state index contributed by atoms with van der Waals surface area (Å²) in [7, 11) is -6.77. The second kappa shape index (κ2) is 8.25. The largest absolute Gasteiger partial charge is 0.314 e. The van der Waals surface area contributed by atoms with Gasteiger partial charge in [-0.3, -0.25) is 4.90 Å². The van der Waals surface area contributed by atoms with E-state index in [0.29, 0.717) is 13.1 Å². The van der Waals surface area contributed by atoms with Crippen molar-refractivity contribution in [3.8, 4) is 0 Å². The van der Waals surface area contributed by atoms with Crippen molar-refractivity contribution in [2.24, 2.45) is 0 Å². The Hall–Kier alpha value is -0.260. The lowest BCUT2D eigenvalue weighted by atomic mass is 10.3. The van der Waals surface area contributed by atoms with Crippen molar-refractivity contribution in [2.75, 3.05) is 57.3 Å². The summed E-state index contributed by atoms with van der Waals surface area (Å²) in [6.45, 7) is 6.10. The molecular formula is C10H24N4O4S2. The SMILES string of the molecule is CCS(=O)(=O)NCCS(=O)(=O)NCCN1CCNCC1. The third-order valence-corrected chi connectivity index (χ3v) is 5.82. The quantitative estimate of drug-likeness (QED) is 0.441. The Bertz CT molecular complexity index is 471. The molecule has 1 saturated heterocycles. The highest BCUT2D eigenvalue weighted by atomic mass is 32.2. The molecule has 0 unspecified atom stereocenters. The summed E-state index contributed by atoms with van der Waals surface area (Å²) in [4.78, 5) is 2.18. The number of sulfonamides is 2. The van der Waals surface area contributed by atoms with Crippen molar-refractivity contribution in [1.29, 1.82) is 0 Å². The number of nitrogens with zero attached hydrogens (tertiary/aromatic N) is 1. The summed E-state index contributed by atoms with van der Waals surface area (Å²) >= 11 is 0. The highest BCUT2D eigenvalue weighted by Gasteiger charge is 2.14. The Morgan fingerprint density at radius 2 is 1.60 bits per heavy atom. The average Bonchev–Trinajstić information content (AvgIpc) is 2.39. The molecule has 1 aliphatic heterocycles. The number of nitrogens with one attached hydrogen (secondary N) is 3. The summed E-state index contributed by atoms with van der Waals surface area (Å²) in [6, 6.07) is 0. The molecule has 1 aliphatic rings. The van der Waals surface area contributed by atoms with Crippen LogP contribution in [0.5, 0.6) is 0 Å². The maximum Gasteiger partial charge on any atom is 0.212 e. The Labute approximate surface area is 121 Å². The zero-order chi connectivity index (χ0) is 15.1. The van der Waals surface area contributed by atoms with Crippen molar-refractivity contribution in [3.63, 3.8) is 0 Å². The molecule has 20 heavy (non-hydrogen) atoms. The van der Waals surface area contributed by atoms with Crippen molar-refractivity contribution in [2.45, 2.75) is 6.92 Å². The summed E-state index contributed by atoms with van der Waals surface area (Å²) in [5.74, 6) is -0.294. The van der Waals surface area contributed by atoms with Crippen LogP contribution >= 0.6 is 0 Å². The van der Waals surface area contributed by atoms with Crippen LogP contribution in [0, 0.1) is 0 Å². The molecule has 0 radical (unpaired) electrons. The van der Waals surface area contributed by atoms with Crippen LogP contribution in [0.2, 0.25) is 0 Å². The zero-order valence-corrected chi connectivity index (χ0v) is 13.4. The molecule has 120 valence electrons. The number of rotatable bonds is 9. The van der Waals surface area contributed by atoms with Crippen LogP contribution in [0.4, 0.5) is 0 Å². The van der Waals surface area contributed by atoms with Crippen molar-refractivity contribution in [3.05, 3.63) is 0 Å². The molecule has 3 N–H and O–H groups in total. The molecule has 0 spiro atoms. The van der Waals surface area contributed by atoms with E-state index in [0.717, 1.165) is 26.2 Å². The smallest absolute Gasteiger partial charge is 0.212 e. The number of hydrogen-bond acceptors (Lipinski definition) is 6. The highest BCUT2D eigenvalue weighted by molar-refractivity contribution is 7.90. The minimum Gasteiger partial charge on any atom is -0.314 e. The molecule has 0 aromatic carbocycles. The van der Waals surface area contributed by atoms with E-state index in [4.69, 9.17) is 0 Å². The van der Waals surface area contributed by atoms with Gasteiger partial charge in [0, 0.05) is 45.8 Å². The van der Waals surface area contributed by atoms with Crippen LogP contribution in [0.15, 0.2) is 0 Å². The predicted molar refractivity (Wildman–Crippen MR) is 78.6 cm³/mol. The fraction of sp³-hybridized carbons (Fsp3) is 1.00. The van der Waals surface area contributed by atoms with Gasteiger partial charge in [0.25, 0.3) is 0 Å². The molecule has 1 fully saturated rings. The Kier molecular flexibility index (Phi) is 7.34. The molecule has 1 rings (SSSR count). The van der Waals surface area contributed by atoms with Gasteiger partial charge >= 0.3 is 0 Å². The fourth-order valence-corrected chi connectivity index (χ4v) is 3.46. The maximum atomic E-state index is 11.7. The van der Waals surface area contributed by atoms with E-state index < -0.39 is 20.0 Å². The summed E-state index contributed by atoms with van der Waals surface area (Å²) in [5, 5.41) is 3.22. The van der Waals surface area contributed by atoms with E-state index >= 15 is 0 Å². The fourth-order valence-electron chi connectivity index (χ4n) is 1.80. The zero-order valence-electron chi connectivity index (χ0n) is 11.8. The van der Waals surface area contributed by atoms with Gasteiger partial charge in [-0.1, -0.05) is 0 Å². The summed E-state index contributed by atoms with van der Waals surface area (Å²) in [5.41, 5.74) is 0. The minimum absolute atomic E-state index is 0.0521. The molecule has 8 nitrogen and oxygen atoms in total. The predicted octanol–water partition coefficient (Wildman–Crippen LogP) is -2.25. The van der Waals surface area contributed by atoms with E-state index in [1.807, 2.05) is 0 Å². The second-order valence-corrected chi connectivity index (χ2v) is 8.62. The molecule has 0 atom stereocenters. The standard InChI is InChI=1S/C10H24N4O4S2/c1-2-19(15,16)13-6-10-20(17,18)12-5-9-14-7-3-11-4-8-14/h11-13H,2-10H2,1H3. The Morgan fingerprint density at radius 1 is 1.00 bits per heavy atom. The van der Waals surface area contributed by atoms with Gasteiger partial charge in [-0.15, -0.1) is 0 Å². The van der Waals surface area contributed by atoms with Crippen LogP contribution in [0.3, 0.4) is 0 Å². The molecule has 0 saturated carbocycles. The lowest BCUT2D eigenvalue weighted by Gasteiger charge is -2.27. The van der Waals surface area contributed by atoms with Crippen LogP contribution in [-0.4, -0.2) is 79.1 Å². The lowest BCUT2D eigenvalue weighted by Crippen LogP contribution is -2.46. The first-order valence-electron chi connectivity index (χ1n) is 6.72. The van der Waals surface area contributed by atoms with Crippen LogP contribution in [0.25, 0.3) is 0 Å². The maximum absolute atomic E-state index is 11.7.